The molecule has 19 nitrogen and oxygen atoms in total. The second-order valence-corrected chi connectivity index (χ2v) is 11.4. The molecule has 1 aliphatic heterocycles. The molecule has 1 saturated heterocycles. The summed E-state index contributed by atoms with van der Waals surface area (Å²) in [5, 5.41) is 38.2. The number of nitrogens with zero attached hydrogens (tertiary/aromatic N) is 4. The van der Waals surface area contributed by atoms with E-state index in [1.54, 1.807) is 0 Å². The van der Waals surface area contributed by atoms with Crippen molar-refractivity contribution in [3.8, 4) is 5.75 Å². The van der Waals surface area contributed by atoms with E-state index in [2.05, 4.69) is 20.8 Å². The van der Waals surface area contributed by atoms with Gasteiger partial charge < -0.3 is 36.6 Å². The minimum atomic E-state index is -5.18. The molecule has 8 N–H and O–H groups in total. The number of carboxylic acids is 1. The van der Waals surface area contributed by atoms with Crippen LogP contribution in [0, 0.1) is 0 Å². The van der Waals surface area contributed by atoms with Gasteiger partial charge in [-0.1, -0.05) is 5.16 Å². The third-order valence-electron chi connectivity index (χ3n) is 6.51. The Morgan fingerprint density at radius 1 is 1.26 bits per heavy atom. The molecule has 2 aromatic heterocycles. The van der Waals surface area contributed by atoms with Crippen LogP contribution in [0.3, 0.4) is 0 Å². The number of nitrogens with two attached hydrogens (primary N) is 1. The normalized spacial score (nSPS) is 20.1. The number of rotatable bonds is 10. The number of amides is 3. The van der Waals surface area contributed by atoms with Gasteiger partial charge in [0, 0.05) is 30.8 Å². The van der Waals surface area contributed by atoms with E-state index in [1.165, 1.54) is 5.38 Å². The molecule has 1 aliphatic carbocycles. The van der Waals surface area contributed by atoms with E-state index in [4.69, 9.17) is 10.6 Å². The zero-order valence-corrected chi connectivity index (χ0v) is 22.8. The first-order chi connectivity index (χ1) is 19.6. The minimum absolute atomic E-state index is 0.00811. The van der Waals surface area contributed by atoms with Gasteiger partial charge in [-0.25, -0.2) is 14.1 Å². The van der Waals surface area contributed by atoms with Gasteiger partial charge in [0.15, 0.2) is 16.6 Å². The molecule has 0 spiro atoms. The van der Waals surface area contributed by atoms with Gasteiger partial charge in [0.2, 0.25) is 11.0 Å². The Morgan fingerprint density at radius 3 is 2.50 bits per heavy atom. The quantitative estimate of drug-likeness (QED) is 0.0486. The summed E-state index contributed by atoms with van der Waals surface area (Å²) < 4.78 is 33.3. The summed E-state index contributed by atoms with van der Waals surface area (Å²) >= 11 is 0.908. The van der Waals surface area contributed by atoms with Crippen molar-refractivity contribution >= 4 is 56.2 Å². The number of nitrogen functional groups attached to an aromatic ring is 1. The summed E-state index contributed by atoms with van der Waals surface area (Å²) in [6.45, 7) is -0.737. The number of carbonyl (C=O) groups excluding carboxylic acids is 3. The summed E-state index contributed by atoms with van der Waals surface area (Å²) in [5.41, 5.74) is 1.49. The molecule has 1 saturated carbocycles. The lowest BCUT2D eigenvalue weighted by Gasteiger charge is -2.44. The van der Waals surface area contributed by atoms with Crippen molar-refractivity contribution < 1.29 is 52.4 Å². The van der Waals surface area contributed by atoms with Gasteiger partial charge in [-0.2, -0.15) is 13.1 Å². The van der Waals surface area contributed by atoms with Crippen molar-refractivity contribution in [2.45, 2.75) is 43.4 Å². The predicted octanol–water partition coefficient (Wildman–Crippen LogP) is -2.12. The molecular weight excluding hydrogens is 606 g/mol. The number of carbonyl (C=O) groups is 4. The maximum Gasteiger partial charge on any atom is 0.362 e. The van der Waals surface area contributed by atoms with Gasteiger partial charge in [0.25, 0.3) is 17.7 Å². The Hall–Kier alpha value is -4.76. The van der Waals surface area contributed by atoms with Gasteiger partial charge in [-0.3, -0.25) is 23.7 Å². The maximum absolute atomic E-state index is 13.2. The van der Waals surface area contributed by atoms with Crippen molar-refractivity contribution in [3.63, 3.8) is 0 Å². The fourth-order valence-electron chi connectivity index (χ4n) is 4.37. The Labute approximate surface area is 239 Å². The van der Waals surface area contributed by atoms with Crippen molar-refractivity contribution in [1.82, 2.24) is 24.7 Å². The van der Waals surface area contributed by atoms with Crippen LogP contribution in [0.2, 0.25) is 0 Å². The lowest BCUT2D eigenvalue weighted by molar-refractivity contribution is -0.165. The topological polar surface area (TPSA) is 293 Å². The first-order valence-electron chi connectivity index (χ1n) is 11.9. The highest BCUT2D eigenvalue weighted by atomic mass is 32.2. The lowest BCUT2D eigenvalue weighted by atomic mass is 9.98. The van der Waals surface area contributed by atoms with Crippen LogP contribution in [0.4, 0.5) is 5.13 Å². The number of nitrogens with one attached hydrogen (secondary N) is 2. The molecule has 42 heavy (non-hydrogen) atoms. The fourth-order valence-corrected chi connectivity index (χ4v) is 5.79. The monoisotopic (exact) mass is 629 g/mol. The minimum Gasteiger partial charge on any atom is -0.503 e. The average Bonchev–Trinajstić information content (AvgIpc) is 3.56. The summed E-state index contributed by atoms with van der Waals surface area (Å²) in [6.07, 6.45) is 1.80. The molecule has 2 fully saturated rings. The van der Waals surface area contributed by atoms with E-state index in [0.29, 0.717) is 25.1 Å². The Balaban J connectivity index is 1.57. The summed E-state index contributed by atoms with van der Waals surface area (Å²) in [7, 11) is -5.18. The molecule has 3 amide bonds. The van der Waals surface area contributed by atoms with Crippen LogP contribution >= 0.6 is 11.3 Å². The average molecular weight is 630 g/mol. The first kappa shape index (κ1) is 30.2. The van der Waals surface area contributed by atoms with E-state index in [0.717, 1.165) is 11.3 Å². The van der Waals surface area contributed by atoms with Crippen LogP contribution in [0.1, 0.15) is 41.9 Å². The Kier molecular flexibility index (Phi) is 8.09. The number of oxime groups is 1. The van der Waals surface area contributed by atoms with Gasteiger partial charge >= 0.3 is 16.3 Å². The third-order valence-corrected chi connectivity index (χ3v) is 8.13. The number of hydrogen-bond acceptors (Lipinski definition) is 14. The fraction of sp³-hybridized carbons (Fsp3) is 0.381. The number of hydrogen-bond donors (Lipinski definition) is 7. The molecule has 0 aromatic carbocycles. The number of aromatic nitrogens is 2. The molecule has 0 radical (unpaired) electrons. The highest BCUT2D eigenvalue weighted by molar-refractivity contribution is 7.84. The third kappa shape index (κ3) is 5.82. The summed E-state index contributed by atoms with van der Waals surface area (Å²) in [5.74, 6) is -5.80. The molecule has 4 rings (SSSR count). The second-order valence-electron chi connectivity index (χ2n) is 9.20. The first-order valence-corrected chi connectivity index (χ1v) is 14.2. The number of carboxylic acid groups (broad SMARTS) is 1. The Bertz CT molecular complexity index is 1640. The zero-order chi connectivity index (χ0) is 31.0. The molecule has 226 valence electrons. The van der Waals surface area contributed by atoms with Crippen molar-refractivity contribution in [2.24, 2.45) is 5.16 Å². The SMILES string of the molecule is Nc1nc(/C(=N/OC2(C(=O)O)CCCC2)C(=O)N[C@@H]2C(=O)N(S(=O)(=O)O)[C@@H]2CNC(=O)c2cc(=O)c(O)cn2O)cs1. The number of thiazole rings is 1. The molecular formula is C21H23N7O12S2. The molecule has 0 bridgehead atoms. The molecule has 3 heterocycles. The smallest absolute Gasteiger partial charge is 0.362 e. The Morgan fingerprint density at radius 2 is 1.93 bits per heavy atom. The van der Waals surface area contributed by atoms with E-state index >= 15 is 0 Å². The van der Waals surface area contributed by atoms with Gasteiger partial charge in [-0.05, 0) is 12.8 Å². The van der Waals surface area contributed by atoms with E-state index in [9.17, 15) is 52.4 Å². The number of aliphatic carboxylic acids is 1. The molecule has 2 aromatic rings. The van der Waals surface area contributed by atoms with Crippen LogP contribution in [-0.2, 0) is 29.5 Å². The highest BCUT2D eigenvalue weighted by Gasteiger charge is 2.54. The van der Waals surface area contributed by atoms with Crippen molar-refractivity contribution in [3.05, 3.63) is 39.3 Å². The zero-order valence-electron chi connectivity index (χ0n) is 21.2. The predicted molar refractivity (Wildman–Crippen MR) is 139 cm³/mol. The number of aromatic hydroxyl groups is 1. The number of β-lactam (4-membered cyclic amide) rings is 1. The molecule has 21 heteroatoms. The molecule has 2 aliphatic rings. The highest BCUT2D eigenvalue weighted by Crippen LogP contribution is 2.34. The van der Waals surface area contributed by atoms with Crippen LogP contribution in [-0.4, -0.2) is 96.0 Å². The number of anilines is 1. The number of pyridine rings is 1. The standard InChI is InChI=1S/C21H23N7O12S2/c22-20-24-9(8-41-20)14(26-40-21(19(34)35)3-1-2-4-21)17(32)25-15-11(28(18(15)33)42(37,38)39)6-23-16(31)10-5-12(29)13(30)7-27(10)36/h5,7-8,11,15,30,36H,1-4,6H2,(H2,22,24)(H,23,31)(H,25,32)(H,34,35)(H,37,38,39)/b26-14-/t11-,15+/m1/s1. The largest absolute Gasteiger partial charge is 0.503 e. The summed E-state index contributed by atoms with van der Waals surface area (Å²) in [4.78, 5) is 71.1. The van der Waals surface area contributed by atoms with Crippen LogP contribution in [0.5, 0.6) is 5.75 Å². The molecule has 0 unspecified atom stereocenters. The summed E-state index contributed by atoms with van der Waals surface area (Å²) in [6, 6.07) is -2.72. The van der Waals surface area contributed by atoms with Gasteiger partial charge in [0.1, 0.15) is 17.4 Å². The molecule has 2 atom stereocenters. The van der Waals surface area contributed by atoms with Crippen LogP contribution < -0.4 is 21.8 Å². The van der Waals surface area contributed by atoms with Crippen molar-refractivity contribution in [1.29, 1.82) is 0 Å². The second kappa shape index (κ2) is 11.3. The lowest BCUT2D eigenvalue weighted by Crippen LogP contribution is -2.74. The van der Waals surface area contributed by atoms with Crippen LogP contribution in [0.25, 0.3) is 0 Å². The van der Waals surface area contributed by atoms with Crippen LogP contribution in [0.15, 0.2) is 27.6 Å². The van der Waals surface area contributed by atoms with E-state index in [1.807, 2.05) is 0 Å². The maximum atomic E-state index is 13.2. The van der Waals surface area contributed by atoms with Crippen molar-refractivity contribution in [2.75, 3.05) is 12.3 Å². The van der Waals surface area contributed by atoms with Gasteiger partial charge in [-0.15, -0.1) is 11.3 Å². The van der Waals surface area contributed by atoms with E-state index < -0.39 is 80.8 Å². The van der Waals surface area contributed by atoms with E-state index in [-0.39, 0.29) is 32.7 Å². The van der Waals surface area contributed by atoms with Gasteiger partial charge in [0.05, 0.1) is 12.2 Å².